The summed E-state index contributed by atoms with van der Waals surface area (Å²) in [5.41, 5.74) is 2.54. The molecule has 1 amide bonds. The van der Waals surface area contributed by atoms with E-state index in [2.05, 4.69) is 27.4 Å². The molecule has 0 aliphatic carbocycles. The van der Waals surface area contributed by atoms with Crippen LogP contribution in [0.25, 0.3) is 11.3 Å². The third kappa shape index (κ3) is 5.03. The number of nitrogens with one attached hydrogen (secondary N) is 1. The number of carbonyl (C=O) groups is 1. The molecule has 0 bridgehead atoms. The van der Waals surface area contributed by atoms with Crippen LogP contribution in [0.2, 0.25) is 0 Å². The average molecular weight is 396 g/mol. The third-order valence-corrected chi connectivity index (χ3v) is 5.60. The Morgan fingerprint density at radius 3 is 2.59 bits per heavy atom. The molecule has 2 aromatic rings. The van der Waals surface area contributed by atoms with Crippen LogP contribution in [0.1, 0.15) is 32.1 Å². The highest BCUT2D eigenvalue weighted by Gasteiger charge is 2.17. The molecule has 7 heteroatoms. The van der Waals surface area contributed by atoms with E-state index in [-0.39, 0.29) is 24.1 Å². The Bertz CT molecular complexity index is 882. The first kappa shape index (κ1) is 19.6. The first-order valence-electron chi connectivity index (χ1n) is 10.5. The van der Waals surface area contributed by atoms with E-state index in [0.717, 1.165) is 38.1 Å². The monoisotopic (exact) mass is 396 g/mol. The first-order chi connectivity index (χ1) is 14.2. The summed E-state index contributed by atoms with van der Waals surface area (Å²) in [6.07, 6.45) is 5.85. The summed E-state index contributed by atoms with van der Waals surface area (Å²) in [4.78, 5) is 26.8. The summed E-state index contributed by atoms with van der Waals surface area (Å²) in [6, 6.07) is 11.4. The Kier molecular flexibility index (Phi) is 6.24. The minimum atomic E-state index is -0.286. The summed E-state index contributed by atoms with van der Waals surface area (Å²) < 4.78 is 6.73. The summed E-state index contributed by atoms with van der Waals surface area (Å²) in [5, 5.41) is 7.24. The first-order valence-corrected chi connectivity index (χ1v) is 10.5. The van der Waals surface area contributed by atoms with Gasteiger partial charge in [-0.3, -0.25) is 9.59 Å². The van der Waals surface area contributed by atoms with Crippen LogP contribution in [0, 0.1) is 0 Å². The van der Waals surface area contributed by atoms with Crippen molar-refractivity contribution in [3.05, 3.63) is 46.8 Å². The number of nitrogens with zero attached hydrogens (tertiary/aromatic N) is 3. The van der Waals surface area contributed by atoms with Crippen LogP contribution in [0.3, 0.4) is 0 Å². The summed E-state index contributed by atoms with van der Waals surface area (Å²) >= 11 is 0. The van der Waals surface area contributed by atoms with Gasteiger partial charge in [-0.25, -0.2) is 4.68 Å². The van der Waals surface area contributed by atoms with Gasteiger partial charge in [-0.1, -0.05) is 12.1 Å². The van der Waals surface area contributed by atoms with Crippen molar-refractivity contribution in [3.8, 4) is 11.3 Å². The smallest absolute Gasteiger partial charge is 0.267 e. The number of anilines is 1. The third-order valence-electron chi connectivity index (χ3n) is 5.60. The number of aromatic nitrogens is 2. The number of piperidine rings is 1. The lowest BCUT2D eigenvalue weighted by Crippen LogP contribution is -2.37. The molecule has 3 heterocycles. The van der Waals surface area contributed by atoms with Crippen molar-refractivity contribution in [2.24, 2.45) is 0 Å². The number of hydrogen-bond acceptors (Lipinski definition) is 5. The zero-order valence-corrected chi connectivity index (χ0v) is 16.7. The number of rotatable bonds is 6. The van der Waals surface area contributed by atoms with E-state index in [1.54, 1.807) is 6.07 Å². The van der Waals surface area contributed by atoms with Gasteiger partial charge in [0.2, 0.25) is 5.91 Å². The lowest BCUT2D eigenvalue weighted by Gasteiger charge is -2.28. The second kappa shape index (κ2) is 9.22. The largest absolute Gasteiger partial charge is 0.376 e. The van der Waals surface area contributed by atoms with E-state index in [1.807, 2.05) is 12.1 Å². The molecule has 7 nitrogen and oxygen atoms in total. The second-order valence-electron chi connectivity index (χ2n) is 7.75. The molecule has 0 unspecified atom stereocenters. The van der Waals surface area contributed by atoms with E-state index in [1.165, 1.54) is 35.7 Å². The van der Waals surface area contributed by atoms with Gasteiger partial charge in [0.25, 0.3) is 5.56 Å². The maximum Gasteiger partial charge on any atom is 0.267 e. The van der Waals surface area contributed by atoms with Crippen molar-refractivity contribution in [2.45, 2.75) is 44.8 Å². The molecule has 1 N–H and O–H groups in total. The fourth-order valence-electron chi connectivity index (χ4n) is 3.94. The van der Waals surface area contributed by atoms with Gasteiger partial charge in [0, 0.05) is 43.6 Å². The van der Waals surface area contributed by atoms with E-state index in [4.69, 9.17) is 4.74 Å². The summed E-state index contributed by atoms with van der Waals surface area (Å²) in [5.74, 6) is -0.229. The number of ether oxygens (including phenoxy) is 1. The molecule has 29 heavy (non-hydrogen) atoms. The quantitative estimate of drug-likeness (QED) is 0.810. The molecular formula is C22H28N4O3. The molecule has 154 valence electrons. The molecule has 0 saturated carbocycles. The van der Waals surface area contributed by atoms with Crippen molar-refractivity contribution in [1.82, 2.24) is 15.1 Å². The number of amides is 1. The van der Waals surface area contributed by atoms with Crippen LogP contribution < -0.4 is 15.8 Å². The molecule has 1 aromatic carbocycles. The Morgan fingerprint density at radius 1 is 1.07 bits per heavy atom. The molecule has 4 rings (SSSR count). The van der Waals surface area contributed by atoms with Crippen LogP contribution >= 0.6 is 0 Å². The summed E-state index contributed by atoms with van der Waals surface area (Å²) in [7, 11) is 0. The van der Waals surface area contributed by atoms with Gasteiger partial charge in [0.1, 0.15) is 6.54 Å². The standard InChI is InChI=1S/C22H28N4O3/c27-21(23-15-19-5-4-14-29-19)16-26-22(28)11-10-20(24-26)17-6-8-18(9-7-17)25-12-2-1-3-13-25/h6-11,19H,1-5,12-16H2,(H,23,27)/t19-/m0/s1. The van der Waals surface area contributed by atoms with Crippen LogP contribution in [0.4, 0.5) is 5.69 Å². The molecule has 0 radical (unpaired) electrons. The number of carbonyl (C=O) groups excluding carboxylic acids is 1. The van der Waals surface area contributed by atoms with Crippen molar-refractivity contribution in [2.75, 3.05) is 31.1 Å². The van der Waals surface area contributed by atoms with Crippen molar-refractivity contribution < 1.29 is 9.53 Å². The fourth-order valence-corrected chi connectivity index (χ4v) is 3.94. The highest BCUT2D eigenvalue weighted by atomic mass is 16.5. The number of hydrogen-bond donors (Lipinski definition) is 1. The zero-order valence-electron chi connectivity index (χ0n) is 16.7. The van der Waals surface area contributed by atoms with Crippen LogP contribution in [-0.4, -0.2) is 48.0 Å². The molecule has 2 aliphatic rings. The van der Waals surface area contributed by atoms with Gasteiger partial charge in [-0.15, -0.1) is 0 Å². The Balaban J connectivity index is 1.41. The predicted molar refractivity (Wildman–Crippen MR) is 112 cm³/mol. The van der Waals surface area contributed by atoms with Gasteiger partial charge >= 0.3 is 0 Å². The van der Waals surface area contributed by atoms with Gasteiger partial charge in [0.15, 0.2) is 0 Å². The van der Waals surface area contributed by atoms with E-state index < -0.39 is 0 Å². The van der Waals surface area contributed by atoms with Crippen molar-refractivity contribution >= 4 is 11.6 Å². The van der Waals surface area contributed by atoms with Gasteiger partial charge in [0.05, 0.1) is 11.8 Å². The zero-order chi connectivity index (χ0) is 20.1. The molecule has 1 atom stereocenters. The van der Waals surface area contributed by atoms with Crippen LogP contribution in [0.15, 0.2) is 41.2 Å². The Labute approximate surface area is 170 Å². The molecule has 1 aromatic heterocycles. The normalized spacial score (nSPS) is 19.3. The van der Waals surface area contributed by atoms with Crippen LogP contribution in [0.5, 0.6) is 0 Å². The predicted octanol–water partition coefficient (Wildman–Crippen LogP) is 2.20. The van der Waals surface area contributed by atoms with E-state index in [9.17, 15) is 9.59 Å². The van der Waals surface area contributed by atoms with Gasteiger partial charge in [-0.05, 0) is 50.3 Å². The highest BCUT2D eigenvalue weighted by Crippen LogP contribution is 2.23. The SMILES string of the molecule is O=C(Cn1nc(-c2ccc(N3CCCCC3)cc2)ccc1=O)NC[C@@H]1CCCO1. The van der Waals surface area contributed by atoms with Crippen LogP contribution in [-0.2, 0) is 16.1 Å². The molecule has 2 saturated heterocycles. The number of benzene rings is 1. The summed E-state index contributed by atoms with van der Waals surface area (Å²) in [6.45, 7) is 3.34. The van der Waals surface area contributed by atoms with Gasteiger partial charge in [-0.2, -0.15) is 5.10 Å². The highest BCUT2D eigenvalue weighted by molar-refractivity contribution is 5.75. The fraction of sp³-hybridized carbons (Fsp3) is 0.500. The Morgan fingerprint density at radius 2 is 1.86 bits per heavy atom. The molecule has 2 aliphatic heterocycles. The minimum absolute atomic E-state index is 0.0772. The molecular weight excluding hydrogens is 368 g/mol. The van der Waals surface area contributed by atoms with Crippen molar-refractivity contribution in [1.29, 1.82) is 0 Å². The van der Waals surface area contributed by atoms with Crippen molar-refractivity contribution in [3.63, 3.8) is 0 Å². The maximum atomic E-state index is 12.2. The Hall–Kier alpha value is -2.67. The van der Waals surface area contributed by atoms with Gasteiger partial charge < -0.3 is 15.0 Å². The maximum absolute atomic E-state index is 12.2. The minimum Gasteiger partial charge on any atom is -0.376 e. The lowest BCUT2D eigenvalue weighted by atomic mass is 10.1. The van der Waals surface area contributed by atoms with E-state index >= 15 is 0 Å². The average Bonchev–Trinajstić information content (AvgIpc) is 3.28. The topological polar surface area (TPSA) is 76.5 Å². The lowest BCUT2D eigenvalue weighted by molar-refractivity contribution is -0.122. The molecule has 0 spiro atoms. The molecule has 2 fully saturated rings. The van der Waals surface area contributed by atoms with E-state index in [0.29, 0.717) is 12.2 Å². The second-order valence-corrected chi connectivity index (χ2v) is 7.75.